The van der Waals surface area contributed by atoms with Crippen LogP contribution in [0.25, 0.3) is 0 Å². The second-order valence-corrected chi connectivity index (χ2v) is 15.3. The van der Waals surface area contributed by atoms with Crippen LogP contribution in [0.1, 0.15) is 80.1 Å². The first-order valence-corrected chi connectivity index (χ1v) is 17.4. The van der Waals surface area contributed by atoms with Crippen LogP contribution < -0.4 is 0 Å². The van der Waals surface area contributed by atoms with E-state index in [9.17, 15) is 0 Å². The molecule has 3 nitrogen and oxygen atoms in total. The maximum absolute atomic E-state index is 6.54. The SMILES string of the molecule is CC[CH2][Al]([CH2]CC)[O]B([O][Al]([CH2]CC)[CH2]CC)[O][Al]([CH2]CC)[CH2]CC. The summed E-state index contributed by atoms with van der Waals surface area (Å²) in [7, 11) is -0.320. The van der Waals surface area contributed by atoms with Crippen LogP contribution in [0, 0.1) is 0 Å². The second kappa shape index (κ2) is 18.9. The van der Waals surface area contributed by atoms with Gasteiger partial charge in [0.1, 0.15) is 0 Å². The lowest BCUT2D eigenvalue weighted by molar-refractivity contribution is 0.306. The molecule has 0 N–H and O–H groups in total. The van der Waals surface area contributed by atoms with E-state index in [-0.39, 0.29) is 7.32 Å². The molecule has 0 saturated heterocycles. The molecule has 0 atom stereocenters. The molecule has 0 radical (unpaired) electrons. The highest BCUT2D eigenvalue weighted by atomic mass is 27.2. The lowest BCUT2D eigenvalue weighted by Gasteiger charge is -2.26. The largest absolute Gasteiger partial charge is 0.547 e. The first-order valence-electron chi connectivity index (χ1n) is 11.1. The van der Waals surface area contributed by atoms with Gasteiger partial charge >= 0.3 is 50.8 Å². The zero-order chi connectivity index (χ0) is 18.9. The van der Waals surface area contributed by atoms with E-state index in [1.165, 1.54) is 70.2 Å². The van der Waals surface area contributed by atoms with Crippen molar-refractivity contribution in [3.8, 4) is 0 Å². The highest BCUT2D eigenvalue weighted by Gasteiger charge is 2.35. The maximum Gasteiger partial charge on any atom is 0.547 e. The van der Waals surface area contributed by atoms with Crippen molar-refractivity contribution in [2.75, 3.05) is 0 Å². The van der Waals surface area contributed by atoms with Crippen molar-refractivity contribution in [1.29, 1.82) is 0 Å². The van der Waals surface area contributed by atoms with Crippen molar-refractivity contribution in [1.82, 2.24) is 0 Å². The molecule has 0 saturated carbocycles. The zero-order valence-electron chi connectivity index (χ0n) is 18.0. The summed E-state index contributed by atoms with van der Waals surface area (Å²) in [5.74, 6) is 0. The minimum atomic E-state index is -1.19. The van der Waals surface area contributed by atoms with Crippen LogP contribution in [-0.2, 0) is 11.1 Å². The van der Waals surface area contributed by atoms with Crippen LogP contribution in [0.15, 0.2) is 0 Å². The van der Waals surface area contributed by atoms with E-state index >= 15 is 0 Å². The molecule has 0 heterocycles. The lowest BCUT2D eigenvalue weighted by Crippen LogP contribution is -2.42. The molecule has 0 aromatic heterocycles. The van der Waals surface area contributed by atoms with Crippen LogP contribution >= 0.6 is 0 Å². The third-order valence-corrected chi connectivity index (χ3v) is 13.7. The smallest absolute Gasteiger partial charge is 0.521 e. The minimum Gasteiger partial charge on any atom is -0.521 e. The van der Waals surface area contributed by atoms with E-state index in [1.54, 1.807) is 0 Å². The Balaban J connectivity index is 4.96. The van der Waals surface area contributed by atoms with Crippen LogP contribution in [0.3, 0.4) is 0 Å². The van der Waals surface area contributed by atoms with Gasteiger partial charge in [-0.25, -0.2) is 0 Å². The van der Waals surface area contributed by atoms with Gasteiger partial charge in [-0.3, -0.25) is 0 Å². The van der Waals surface area contributed by atoms with Gasteiger partial charge in [0.2, 0.25) is 0 Å². The molecule has 0 spiro atoms. The molecule has 7 heteroatoms. The van der Waals surface area contributed by atoms with Crippen molar-refractivity contribution >= 4 is 50.8 Å². The summed E-state index contributed by atoms with van der Waals surface area (Å²) in [4.78, 5) is 0. The van der Waals surface area contributed by atoms with Gasteiger partial charge in [-0.15, -0.1) is 0 Å². The van der Waals surface area contributed by atoms with E-state index in [1.807, 2.05) is 0 Å². The fourth-order valence-electron chi connectivity index (χ4n) is 3.34. The first-order chi connectivity index (χ1) is 12.1. The topological polar surface area (TPSA) is 27.7 Å². The molecule has 0 aliphatic rings. The lowest BCUT2D eigenvalue weighted by atomic mass is 10.3. The molecule has 0 aromatic carbocycles. The molecule has 0 aromatic rings. The van der Waals surface area contributed by atoms with Crippen LogP contribution in [0.4, 0.5) is 0 Å². The number of rotatable bonds is 18. The van der Waals surface area contributed by atoms with E-state index in [2.05, 4.69) is 41.5 Å². The second-order valence-electron chi connectivity index (χ2n) is 7.29. The van der Waals surface area contributed by atoms with Gasteiger partial charge < -0.3 is 11.1 Å². The Morgan fingerprint density at radius 2 is 0.640 bits per heavy atom. The Hall–Kier alpha value is 1.54. The van der Waals surface area contributed by atoms with Crippen molar-refractivity contribution in [3.63, 3.8) is 0 Å². The predicted octanol–water partition coefficient (Wildman–Crippen LogP) is 6.46. The Labute approximate surface area is 172 Å². The monoisotopic (exact) mass is 398 g/mol. The van der Waals surface area contributed by atoms with E-state index in [0.29, 0.717) is 0 Å². The minimum absolute atomic E-state index is 0.320. The average Bonchev–Trinajstić information content (AvgIpc) is 2.56. The molecule has 25 heavy (non-hydrogen) atoms. The Bertz CT molecular complexity index is 227. The van der Waals surface area contributed by atoms with Crippen LogP contribution in [0.5, 0.6) is 0 Å². The summed E-state index contributed by atoms with van der Waals surface area (Å²) in [6.45, 7) is 13.6. The molecule has 0 unspecified atom stereocenters. The van der Waals surface area contributed by atoms with Crippen LogP contribution in [-0.4, -0.2) is 50.8 Å². The first kappa shape index (κ1) is 26.5. The average molecular weight is 398 g/mol. The standard InChI is InChI=1S/6C3H7.3Al.BO3/c6*1-3-2;;;;2-1(3)4/h6*1,3H2,2H3;;;;/q;;;;;;3*+1;-3. The van der Waals surface area contributed by atoms with Gasteiger partial charge in [-0.05, 0) is 0 Å². The summed E-state index contributed by atoms with van der Waals surface area (Å²) < 4.78 is 19.6. The van der Waals surface area contributed by atoms with Gasteiger partial charge in [0.25, 0.3) is 0 Å². The molecular formula is C18H42Al3BO3. The number of hydrogen-bond acceptors (Lipinski definition) is 3. The fraction of sp³-hybridized carbons (Fsp3) is 1.00. The zero-order valence-corrected chi connectivity index (χ0v) is 21.5. The highest BCUT2D eigenvalue weighted by Crippen LogP contribution is 2.17. The molecule has 0 rings (SSSR count). The summed E-state index contributed by atoms with van der Waals surface area (Å²) in [6.07, 6.45) is 7.33. The molecule has 0 amide bonds. The van der Waals surface area contributed by atoms with E-state index in [0.717, 1.165) is 0 Å². The van der Waals surface area contributed by atoms with Crippen molar-refractivity contribution < 1.29 is 11.1 Å². The quantitative estimate of drug-likeness (QED) is 0.248. The third kappa shape index (κ3) is 14.2. The van der Waals surface area contributed by atoms with Crippen LogP contribution in [0.2, 0.25) is 31.7 Å². The van der Waals surface area contributed by atoms with Crippen molar-refractivity contribution in [2.24, 2.45) is 0 Å². The fourth-order valence-corrected chi connectivity index (χ4v) is 10.6. The molecular weight excluding hydrogens is 356 g/mol. The maximum atomic E-state index is 6.54. The predicted molar refractivity (Wildman–Crippen MR) is 117 cm³/mol. The summed E-state index contributed by atoms with van der Waals surface area (Å²) in [5.41, 5.74) is 0. The molecule has 0 fully saturated rings. The molecule has 0 bridgehead atoms. The van der Waals surface area contributed by atoms with E-state index in [4.69, 9.17) is 11.1 Å². The van der Waals surface area contributed by atoms with Gasteiger partial charge in [0, 0.05) is 0 Å². The Morgan fingerprint density at radius 3 is 0.800 bits per heavy atom. The summed E-state index contributed by atoms with van der Waals surface area (Å²) in [6, 6.07) is 0. The third-order valence-electron chi connectivity index (χ3n) is 4.57. The van der Waals surface area contributed by atoms with Crippen molar-refractivity contribution in [3.05, 3.63) is 0 Å². The highest BCUT2D eigenvalue weighted by molar-refractivity contribution is 6.71. The normalized spacial score (nSPS) is 10.8. The summed E-state index contributed by atoms with van der Waals surface area (Å²) in [5, 5.41) is 7.49. The van der Waals surface area contributed by atoms with E-state index < -0.39 is 43.4 Å². The molecule has 0 aliphatic heterocycles. The summed E-state index contributed by atoms with van der Waals surface area (Å²) >= 11 is -3.58. The van der Waals surface area contributed by atoms with Crippen molar-refractivity contribution in [2.45, 2.75) is 112 Å². The Kier molecular flexibility index (Phi) is 20.0. The van der Waals surface area contributed by atoms with Gasteiger partial charge in [0.15, 0.2) is 0 Å². The van der Waals surface area contributed by atoms with Gasteiger partial charge in [-0.2, -0.15) is 0 Å². The molecule has 144 valence electrons. The van der Waals surface area contributed by atoms with Gasteiger partial charge in [-0.1, -0.05) is 112 Å². The van der Waals surface area contributed by atoms with Gasteiger partial charge in [0.05, 0.1) is 0 Å². The molecule has 0 aliphatic carbocycles. The Morgan fingerprint density at radius 1 is 0.440 bits per heavy atom. The number of hydrogen-bond donors (Lipinski definition) is 0.